The standard InChI is InChI=1S/C51H63N3O11S/c1-27(37-14-15-38-47-39(25-44(59)51(37,38)3)50(2)18-17-32(57)20-28(50)21-41(47)58)7-16-45(60)53-40(49(63)64)6-4-5-19-52-26-54(66)29-8-11-33(36(22-29)48(61)62)46-34-12-9-30(55)23-42(34)65-43-24-31(56)10-13-35(43)46/h8-13,22-24,27-28,32,37-41,44,47,52,57-59H,4-7,14-21,25-26H2,1-3H3,(H3-,53,55,56,60,61,62,63,64)/p+1. The summed E-state index contributed by atoms with van der Waals surface area (Å²) in [5.41, 5.74) is 1.48. The van der Waals surface area contributed by atoms with Crippen LogP contribution < -0.4 is 16.1 Å². The van der Waals surface area contributed by atoms with Gasteiger partial charge in [-0.1, -0.05) is 20.8 Å². The second kappa shape index (κ2) is 19.1. The molecule has 0 saturated heterocycles. The van der Waals surface area contributed by atoms with E-state index in [9.17, 15) is 49.8 Å². The highest BCUT2D eigenvalue weighted by atomic mass is 32.1. The number of aromatic hydroxyl groups is 1. The van der Waals surface area contributed by atoms with Gasteiger partial charge in [0.1, 0.15) is 23.1 Å². The Kier molecular flexibility index (Phi) is 13.8. The number of hydrogen-bond acceptors (Lipinski definition) is 11. The molecule has 2 aromatic carbocycles. The predicted octanol–water partition coefficient (Wildman–Crippen LogP) is 7.01. The van der Waals surface area contributed by atoms with Crippen molar-refractivity contribution in [3.63, 3.8) is 0 Å². The van der Waals surface area contributed by atoms with Crippen molar-refractivity contribution in [1.29, 1.82) is 0 Å². The van der Waals surface area contributed by atoms with Crippen molar-refractivity contribution >= 4 is 46.9 Å². The molecule has 2 aromatic rings. The zero-order valence-corrected chi connectivity index (χ0v) is 38.8. The van der Waals surface area contributed by atoms with Crippen LogP contribution in [0.25, 0.3) is 33.4 Å². The summed E-state index contributed by atoms with van der Waals surface area (Å²) >= 11 is 5.61. The highest BCUT2D eigenvalue weighted by Gasteiger charge is 2.65. The molecule has 0 radical (unpaired) electrons. The van der Waals surface area contributed by atoms with Gasteiger partial charge in [0.2, 0.25) is 18.3 Å². The minimum absolute atomic E-state index is 0.00298. The zero-order chi connectivity index (χ0) is 47.2. The fraction of sp³-hybridized carbons (Fsp3) is 0.569. The average Bonchev–Trinajstić information content (AvgIpc) is 3.64. The minimum Gasteiger partial charge on any atom is -0.508 e. The predicted molar refractivity (Wildman–Crippen MR) is 249 cm³/mol. The minimum atomic E-state index is -1.19. The van der Waals surface area contributed by atoms with Gasteiger partial charge in [-0.25, -0.2) is 9.59 Å². The molecule has 66 heavy (non-hydrogen) atoms. The first-order valence-corrected chi connectivity index (χ1v) is 24.1. The normalized spacial score (nSPS) is 30.2. The van der Waals surface area contributed by atoms with Crippen molar-refractivity contribution in [2.24, 2.45) is 46.3 Å². The summed E-state index contributed by atoms with van der Waals surface area (Å²) < 4.78 is 7.37. The lowest BCUT2D eigenvalue weighted by Gasteiger charge is -2.63. The van der Waals surface area contributed by atoms with Crippen LogP contribution >= 0.6 is 0 Å². The molecule has 5 aliphatic carbocycles. The van der Waals surface area contributed by atoms with E-state index < -0.39 is 30.2 Å². The SMILES string of the molecule is CC(CCC(=O)NC(CCCCNC[N+](=S)c1ccc(-c2c3ccc(=O)cc-3oc3cc(O)ccc23)c(C(=O)O)c1)C(=O)O)C1CCC2C3C(O)CC4CC(O)CCC4(C)C3CC(O)C12C. The summed E-state index contributed by atoms with van der Waals surface area (Å²) in [6.07, 6.45) is 6.40. The molecule has 0 bridgehead atoms. The second-order valence-electron chi connectivity index (χ2n) is 20.4. The van der Waals surface area contributed by atoms with E-state index in [-0.39, 0.29) is 106 Å². The lowest BCUT2D eigenvalue weighted by molar-refractivity contribution is -0.415. The number of aliphatic hydroxyl groups is 3. The molecule has 4 saturated carbocycles. The first-order chi connectivity index (χ1) is 31.4. The van der Waals surface area contributed by atoms with E-state index in [2.05, 4.69) is 31.4 Å². The quantitative estimate of drug-likeness (QED) is 0.0245. The largest absolute Gasteiger partial charge is 0.508 e. The maximum Gasteiger partial charge on any atom is 0.336 e. The number of aliphatic hydroxyl groups excluding tert-OH is 3. The molecule has 0 spiro atoms. The van der Waals surface area contributed by atoms with E-state index in [1.165, 1.54) is 34.3 Å². The molecule has 8 N–H and O–H groups in total. The molecule has 1 aliphatic heterocycles. The lowest BCUT2D eigenvalue weighted by atomic mass is 9.43. The van der Waals surface area contributed by atoms with Gasteiger partial charge in [-0.3, -0.25) is 14.9 Å². The number of benzene rings is 3. The van der Waals surface area contributed by atoms with E-state index in [0.717, 1.165) is 32.1 Å². The molecular weight excluding hydrogens is 863 g/mol. The Hall–Kier alpha value is -4.80. The number of carbonyl (C=O) groups excluding carboxylic acids is 1. The van der Waals surface area contributed by atoms with Gasteiger partial charge >= 0.3 is 11.9 Å². The third-order valence-electron chi connectivity index (χ3n) is 16.8. The van der Waals surface area contributed by atoms with Gasteiger partial charge in [-0.15, -0.1) is 3.95 Å². The van der Waals surface area contributed by atoms with Crippen LogP contribution in [0.5, 0.6) is 5.75 Å². The number of unbranched alkanes of at least 4 members (excludes halogenated alkanes) is 1. The number of fused-ring (bicyclic) bond motifs is 7. The Morgan fingerprint density at radius 1 is 0.909 bits per heavy atom. The summed E-state index contributed by atoms with van der Waals surface area (Å²) in [6.45, 7) is 7.34. The van der Waals surface area contributed by atoms with Crippen molar-refractivity contribution in [2.45, 2.75) is 122 Å². The molecule has 4 fully saturated rings. The highest BCUT2D eigenvalue weighted by molar-refractivity contribution is 7.44. The molecule has 14 nitrogen and oxygen atoms in total. The lowest BCUT2D eigenvalue weighted by Crippen LogP contribution is -2.62. The number of carboxylic acids is 2. The van der Waals surface area contributed by atoms with E-state index in [4.69, 9.17) is 16.8 Å². The van der Waals surface area contributed by atoms with E-state index in [1.54, 1.807) is 24.3 Å². The topological polar surface area (TPSA) is 230 Å². The first-order valence-electron chi connectivity index (χ1n) is 23.7. The summed E-state index contributed by atoms with van der Waals surface area (Å²) in [5.74, 6) is -1.36. The molecule has 12 unspecified atom stereocenters. The van der Waals surface area contributed by atoms with Crippen molar-refractivity contribution < 1.29 is 53.4 Å². The summed E-state index contributed by atoms with van der Waals surface area (Å²) in [4.78, 5) is 50.3. The van der Waals surface area contributed by atoms with E-state index >= 15 is 0 Å². The number of phenols is 1. The molecule has 12 atom stereocenters. The van der Waals surface area contributed by atoms with Crippen LogP contribution in [-0.4, -0.2) is 90.0 Å². The second-order valence-corrected chi connectivity index (χ2v) is 20.8. The van der Waals surface area contributed by atoms with Crippen LogP contribution in [0.1, 0.15) is 108 Å². The number of carbonyl (C=O) groups is 3. The first kappa shape index (κ1) is 47.7. The molecule has 6 aliphatic rings. The van der Waals surface area contributed by atoms with E-state index in [0.29, 0.717) is 66.4 Å². The molecule has 0 aromatic heterocycles. The summed E-state index contributed by atoms with van der Waals surface area (Å²) in [5, 5.41) is 70.9. The highest BCUT2D eigenvalue weighted by Crippen LogP contribution is 2.68. The fourth-order valence-electron chi connectivity index (χ4n) is 13.3. The molecule has 15 heteroatoms. The molecule has 1 amide bonds. The molecule has 354 valence electrons. The van der Waals surface area contributed by atoms with E-state index in [1.807, 2.05) is 0 Å². The Balaban J connectivity index is 0.813. The third-order valence-corrected chi connectivity index (χ3v) is 17.1. The van der Waals surface area contributed by atoms with Gasteiger partial charge < -0.3 is 40.4 Å². The summed E-state index contributed by atoms with van der Waals surface area (Å²) in [7, 11) is 0. The molecule has 1 heterocycles. The van der Waals surface area contributed by atoms with Crippen molar-refractivity contribution in [3.8, 4) is 28.2 Å². The van der Waals surface area contributed by atoms with Gasteiger partial charge in [0.05, 0.1) is 23.9 Å². The average molecular weight is 927 g/mol. The number of nitrogens with zero attached hydrogens (tertiary/aromatic N) is 1. The number of aromatic carboxylic acids is 1. The van der Waals surface area contributed by atoms with Crippen molar-refractivity contribution in [1.82, 2.24) is 10.6 Å². The Morgan fingerprint density at radius 2 is 1.68 bits per heavy atom. The Labute approximate surface area is 389 Å². The van der Waals surface area contributed by atoms with Crippen LogP contribution in [0.4, 0.5) is 5.69 Å². The van der Waals surface area contributed by atoms with Gasteiger partial charge in [0.15, 0.2) is 5.43 Å². The smallest absolute Gasteiger partial charge is 0.336 e. The van der Waals surface area contributed by atoms with Gasteiger partial charge in [-0.05, 0) is 153 Å². The number of amides is 1. The Morgan fingerprint density at radius 3 is 2.44 bits per heavy atom. The van der Waals surface area contributed by atoms with Crippen LogP contribution in [0.2, 0.25) is 0 Å². The number of aliphatic carboxylic acids is 1. The van der Waals surface area contributed by atoms with Crippen molar-refractivity contribution in [2.75, 3.05) is 13.2 Å². The maximum absolute atomic E-state index is 13.2. The maximum atomic E-state index is 13.2. The van der Waals surface area contributed by atoms with Crippen LogP contribution in [-0.2, 0) is 22.0 Å². The third kappa shape index (κ3) is 9.01. The van der Waals surface area contributed by atoms with Gasteiger partial charge in [0, 0.05) is 53.7 Å². The van der Waals surface area contributed by atoms with Crippen molar-refractivity contribution in [3.05, 3.63) is 70.4 Å². The van der Waals surface area contributed by atoms with Crippen LogP contribution in [0, 0.1) is 46.3 Å². The summed E-state index contributed by atoms with van der Waals surface area (Å²) in [6, 6.07) is 12.6. The number of hydrogen-bond donors (Lipinski definition) is 8. The number of rotatable bonds is 16. The monoisotopic (exact) mass is 926 g/mol. The number of phenolic OH excluding ortho intramolecular Hbond substituents is 1. The molecule has 8 rings (SSSR count). The van der Waals surface area contributed by atoms with Gasteiger partial charge in [-0.2, -0.15) is 0 Å². The number of carboxylic acid groups (broad SMARTS) is 2. The van der Waals surface area contributed by atoms with Gasteiger partial charge in [0.25, 0.3) is 12.4 Å². The Bertz CT molecular complexity index is 2530. The number of nitrogens with one attached hydrogen (secondary N) is 2. The van der Waals surface area contributed by atoms with Crippen LogP contribution in [0.15, 0.2) is 63.8 Å². The molecular formula is C51H64N3O11S+. The fourth-order valence-corrected chi connectivity index (χ4v) is 13.5. The zero-order valence-electron chi connectivity index (χ0n) is 37.9. The van der Waals surface area contributed by atoms with Crippen LogP contribution in [0.3, 0.4) is 0 Å².